The van der Waals surface area contributed by atoms with Crippen molar-refractivity contribution in [3.63, 3.8) is 0 Å². The molecule has 2 aromatic rings. The van der Waals surface area contributed by atoms with Crippen molar-refractivity contribution in [2.75, 3.05) is 7.05 Å². The zero-order valence-electron chi connectivity index (χ0n) is 12.1. The van der Waals surface area contributed by atoms with E-state index in [1.54, 1.807) is 31.3 Å². The van der Waals surface area contributed by atoms with Gasteiger partial charge in [-0.25, -0.2) is 8.42 Å². The lowest BCUT2D eigenvalue weighted by atomic mass is 10.1. The normalized spacial score (nSPS) is 11.8. The number of hydrogen-bond donors (Lipinski definition) is 0. The number of alkyl halides is 1. The molecule has 0 N–H and O–H groups in total. The van der Waals surface area contributed by atoms with Crippen molar-refractivity contribution in [1.82, 2.24) is 4.31 Å². The predicted molar refractivity (Wildman–Crippen MR) is 85.8 cm³/mol. The number of aryl methyl sites for hydroxylation is 1. The lowest BCUT2D eigenvalue weighted by Gasteiger charge is -2.18. The molecule has 0 unspecified atom stereocenters. The van der Waals surface area contributed by atoms with Gasteiger partial charge in [-0.15, -0.1) is 11.6 Å². The molecular weight excluding hydrogens is 306 g/mol. The first kappa shape index (κ1) is 16.0. The van der Waals surface area contributed by atoms with Gasteiger partial charge in [-0.3, -0.25) is 0 Å². The molecule has 0 spiro atoms. The van der Waals surface area contributed by atoms with Gasteiger partial charge in [-0.05, 0) is 35.7 Å². The van der Waals surface area contributed by atoms with Gasteiger partial charge in [0.2, 0.25) is 10.0 Å². The molecule has 0 atom stereocenters. The van der Waals surface area contributed by atoms with Gasteiger partial charge in [0, 0.05) is 19.5 Å². The van der Waals surface area contributed by atoms with Crippen molar-refractivity contribution in [2.45, 2.75) is 24.2 Å². The van der Waals surface area contributed by atoms with Crippen LogP contribution in [-0.2, 0) is 22.4 Å². The first-order valence-corrected chi connectivity index (χ1v) is 8.58. The molecule has 21 heavy (non-hydrogen) atoms. The SMILES string of the molecule is Cc1ccccc1CN(C)S(=O)(=O)c1ccc(CCl)cc1. The van der Waals surface area contributed by atoms with Crippen LogP contribution in [-0.4, -0.2) is 19.8 Å². The van der Waals surface area contributed by atoms with Gasteiger partial charge in [0.25, 0.3) is 0 Å². The Labute approximate surface area is 131 Å². The standard InChI is InChI=1S/C16H18ClNO2S/c1-13-5-3-4-6-15(13)12-18(2)21(19,20)16-9-7-14(11-17)8-10-16/h3-10H,11-12H2,1-2H3. The molecule has 0 aliphatic rings. The van der Waals surface area contributed by atoms with E-state index in [1.165, 1.54) is 4.31 Å². The molecule has 0 saturated heterocycles. The highest BCUT2D eigenvalue weighted by molar-refractivity contribution is 7.89. The summed E-state index contributed by atoms with van der Waals surface area (Å²) in [6, 6.07) is 14.4. The maximum Gasteiger partial charge on any atom is 0.243 e. The van der Waals surface area contributed by atoms with Crippen molar-refractivity contribution in [3.05, 3.63) is 65.2 Å². The van der Waals surface area contributed by atoms with Crippen molar-refractivity contribution < 1.29 is 8.42 Å². The Bertz CT molecular complexity index is 711. The third kappa shape index (κ3) is 3.64. The van der Waals surface area contributed by atoms with E-state index in [-0.39, 0.29) is 4.90 Å². The van der Waals surface area contributed by atoms with Crippen molar-refractivity contribution in [2.24, 2.45) is 0 Å². The quantitative estimate of drug-likeness (QED) is 0.789. The van der Waals surface area contributed by atoms with Gasteiger partial charge in [-0.1, -0.05) is 36.4 Å². The highest BCUT2D eigenvalue weighted by Crippen LogP contribution is 2.19. The number of sulfonamides is 1. The van der Waals surface area contributed by atoms with Crippen molar-refractivity contribution >= 4 is 21.6 Å². The number of rotatable bonds is 5. The zero-order chi connectivity index (χ0) is 15.5. The Morgan fingerprint density at radius 3 is 2.24 bits per heavy atom. The second-order valence-electron chi connectivity index (χ2n) is 4.97. The summed E-state index contributed by atoms with van der Waals surface area (Å²) in [4.78, 5) is 0.285. The van der Waals surface area contributed by atoms with E-state index in [0.29, 0.717) is 12.4 Å². The first-order chi connectivity index (χ1) is 9.95. The fraction of sp³-hybridized carbons (Fsp3) is 0.250. The van der Waals surface area contributed by atoms with Crippen molar-refractivity contribution in [1.29, 1.82) is 0 Å². The van der Waals surface area contributed by atoms with Gasteiger partial charge < -0.3 is 0 Å². The lowest BCUT2D eigenvalue weighted by molar-refractivity contribution is 0.466. The highest BCUT2D eigenvalue weighted by Gasteiger charge is 2.21. The van der Waals surface area contributed by atoms with Crippen molar-refractivity contribution in [3.8, 4) is 0 Å². The van der Waals surface area contributed by atoms with Crippen LogP contribution in [0, 0.1) is 6.92 Å². The molecule has 0 radical (unpaired) electrons. The maximum absolute atomic E-state index is 12.5. The maximum atomic E-state index is 12.5. The van der Waals surface area contributed by atoms with Gasteiger partial charge in [-0.2, -0.15) is 4.31 Å². The molecular formula is C16H18ClNO2S. The summed E-state index contributed by atoms with van der Waals surface area (Å²) >= 11 is 5.72. The van der Waals surface area contributed by atoms with E-state index in [0.717, 1.165) is 16.7 Å². The molecule has 0 aliphatic carbocycles. The molecule has 0 saturated carbocycles. The second kappa shape index (κ2) is 6.60. The third-order valence-corrected chi connectivity index (χ3v) is 5.57. The third-order valence-electron chi connectivity index (χ3n) is 3.44. The largest absolute Gasteiger partial charge is 0.243 e. The van der Waals surface area contributed by atoms with E-state index in [1.807, 2.05) is 31.2 Å². The van der Waals surface area contributed by atoms with E-state index >= 15 is 0 Å². The van der Waals surface area contributed by atoms with Crippen LogP contribution in [0.4, 0.5) is 0 Å². The molecule has 0 aromatic heterocycles. The average molecular weight is 324 g/mol. The topological polar surface area (TPSA) is 37.4 Å². The van der Waals surface area contributed by atoms with Crippen LogP contribution < -0.4 is 0 Å². The fourth-order valence-corrected chi connectivity index (χ4v) is 3.37. The van der Waals surface area contributed by atoms with E-state index in [9.17, 15) is 8.42 Å². The van der Waals surface area contributed by atoms with Gasteiger partial charge in [0.15, 0.2) is 0 Å². The van der Waals surface area contributed by atoms with Crippen LogP contribution in [0.15, 0.2) is 53.4 Å². The van der Waals surface area contributed by atoms with Crippen LogP contribution in [0.5, 0.6) is 0 Å². The van der Waals surface area contributed by atoms with E-state index in [4.69, 9.17) is 11.6 Å². The van der Waals surface area contributed by atoms with Gasteiger partial charge in [0.1, 0.15) is 0 Å². The lowest BCUT2D eigenvalue weighted by Crippen LogP contribution is -2.26. The Morgan fingerprint density at radius 1 is 1.05 bits per heavy atom. The molecule has 3 nitrogen and oxygen atoms in total. The summed E-state index contributed by atoms with van der Waals surface area (Å²) < 4.78 is 26.4. The molecule has 2 aromatic carbocycles. The van der Waals surface area contributed by atoms with Crippen LogP contribution in [0.2, 0.25) is 0 Å². The molecule has 2 rings (SSSR count). The first-order valence-electron chi connectivity index (χ1n) is 6.61. The summed E-state index contributed by atoms with van der Waals surface area (Å²) in [6.07, 6.45) is 0. The number of benzene rings is 2. The predicted octanol–water partition coefficient (Wildman–Crippen LogP) is 3.55. The summed E-state index contributed by atoms with van der Waals surface area (Å²) in [7, 11) is -1.89. The smallest absolute Gasteiger partial charge is 0.207 e. The molecule has 112 valence electrons. The number of nitrogens with zero attached hydrogens (tertiary/aromatic N) is 1. The monoisotopic (exact) mass is 323 g/mol. The zero-order valence-corrected chi connectivity index (χ0v) is 13.7. The number of halogens is 1. The fourth-order valence-electron chi connectivity index (χ4n) is 2.04. The summed E-state index contributed by atoms with van der Waals surface area (Å²) in [5.41, 5.74) is 2.98. The van der Waals surface area contributed by atoms with Crippen LogP contribution in [0.3, 0.4) is 0 Å². The van der Waals surface area contributed by atoms with Crippen LogP contribution in [0.25, 0.3) is 0 Å². The Hall–Kier alpha value is -1.36. The van der Waals surface area contributed by atoms with E-state index < -0.39 is 10.0 Å². The van der Waals surface area contributed by atoms with E-state index in [2.05, 4.69) is 0 Å². The average Bonchev–Trinajstić information content (AvgIpc) is 2.49. The molecule has 0 aliphatic heterocycles. The minimum Gasteiger partial charge on any atom is -0.207 e. The van der Waals surface area contributed by atoms with Crippen LogP contribution >= 0.6 is 11.6 Å². The summed E-state index contributed by atoms with van der Waals surface area (Å²) in [5, 5.41) is 0. The molecule has 0 fully saturated rings. The second-order valence-corrected chi connectivity index (χ2v) is 7.28. The van der Waals surface area contributed by atoms with Gasteiger partial charge in [0.05, 0.1) is 4.90 Å². The molecule has 0 heterocycles. The molecule has 0 bridgehead atoms. The highest BCUT2D eigenvalue weighted by atomic mass is 35.5. The Kier molecular flexibility index (Phi) is 5.04. The minimum absolute atomic E-state index is 0.285. The summed E-state index contributed by atoms with van der Waals surface area (Å²) in [6.45, 7) is 2.33. The minimum atomic E-state index is -3.49. The van der Waals surface area contributed by atoms with Gasteiger partial charge >= 0.3 is 0 Å². The summed E-state index contributed by atoms with van der Waals surface area (Å²) in [5.74, 6) is 0.374. The number of hydrogen-bond acceptors (Lipinski definition) is 2. The Balaban J connectivity index is 2.24. The van der Waals surface area contributed by atoms with Crippen LogP contribution in [0.1, 0.15) is 16.7 Å². The Morgan fingerprint density at radius 2 is 1.67 bits per heavy atom. The molecule has 5 heteroatoms. The molecule has 0 amide bonds.